The Kier molecular flexibility index (Phi) is 4.02. The number of nitro groups is 1. The van der Waals surface area contributed by atoms with Crippen LogP contribution in [-0.4, -0.2) is 22.0 Å². The number of nitrogens with one attached hydrogen (secondary N) is 2. The molecule has 0 unspecified atom stereocenters. The molecule has 0 aliphatic rings. The summed E-state index contributed by atoms with van der Waals surface area (Å²) in [4.78, 5) is 26.5. The van der Waals surface area contributed by atoms with Crippen LogP contribution in [0.4, 0.5) is 16.2 Å². The van der Waals surface area contributed by atoms with E-state index in [0.29, 0.717) is 11.1 Å². The van der Waals surface area contributed by atoms with Crippen molar-refractivity contribution in [1.29, 1.82) is 0 Å². The van der Waals surface area contributed by atoms with Gasteiger partial charge in [0.25, 0.3) is 5.69 Å². The Morgan fingerprint density at radius 2 is 2.10 bits per heavy atom. The number of non-ortho nitro benzene ring substituents is 1. The van der Waals surface area contributed by atoms with Crippen LogP contribution in [0, 0.1) is 17.0 Å². The van der Waals surface area contributed by atoms with E-state index in [2.05, 4.69) is 15.6 Å². The molecule has 0 atom stereocenters. The second kappa shape index (κ2) is 5.74. The molecular formula is C14H16N4O3. The van der Waals surface area contributed by atoms with Crippen LogP contribution < -0.4 is 10.6 Å². The summed E-state index contributed by atoms with van der Waals surface area (Å²) < 4.78 is 0. The largest absolute Gasteiger partial charge is 0.336 e. The van der Waals surface area contributed by atoms with E-state index in [1.54, 1.807) is 19.1 Å². The smallest absolute Gasteiger partial charge is 0.319 e. The zero-order chi connectivity index (χ0) is 15.6. The molecule has 1 heterocycles. The minimum absolute atomic E-state index is 0.00672. The molecule has 7 heteroatoms. The number of para-hydroxylation sites is 1. The quantitative estimate of drug-likeness (QED) is 0.670. The number of pyridine rings is 1. The van der Waals surface area contributed by atoms with Crippen molar-refractivity contribution < 1.29 is 9.72 Å². The lowest BCUT2D eigenvalue weighted by molar-refractivity contribution is -0.383. The number of aromatic nitrogens is 1. The van der Waals surface area contributed by atoms with E-state index in [1.165, 1.54) is 12.3 Å². The van der Waals surface area contributed by atoms with Crippen molar-refractivity contribution in [2.24, 2.45) is 0 Å². The Bertz CT molecular complexity index is 713. The lowest BCUT2D eigenvalue weighted by Gasteiger charge is -2.13. The van der Waals surface area contributed by atoms with Crippen LogP contribution in [0.25, 0.3) is 10.9 Å². The number of benzene rings is 1. The van der Waals surface area contributed by atoms with Gasteiger partial charge in [-0.3, -0.25) is 10.1 Å². The highest BCUT2D eigenvalue weighted by atomic mass is 16.6. The van der Waals surface area contributed by atoms with E-state index in [4.69, 9.17) is 0 Å². The topological polar surface area (TPSA) is 97.2 Å². The van der Waals surface area contributed by atoms with E-state index in [1.807, 2.05) is 13.8 Å². The summed E-state index contributed by atoms with van der Waals surface area (Å²) >= 11 is 0. The summed E-state index contributed by atoms with van der Waals surface area (Å²) in [7, 11) is 0. The molecule has 0 aliphatic heterocycles. The van der Waals surface area contributed by atoms with Crippen LogP contribution in [0.15, 0.2) is 24.4 Å². The van der Waals surface area contributed by atoms with E-state index in [9.17, 15) is 14.9 Å². The lowest BCUT2D eigenvalue weighted by Crippen LogP contribution is -2.34. The van der Waals surface area contributed by atoms with E-state index in [0.717, 1.165) is 5.56 Å². The van der Waals surface area contributed by atoms with Crippen molar-refractivity contribution in [3.63, 3.8) is 0 Å². The number of anilines is 1. The van der Waals surface area contributed by atoms with Crippen LogP contribution in [0.2, 0.25) is 0 Å². The van der Waals surface area contributed by atoms with Gasteiger partial charge in [-0.25, -0.2) is 9.78 Å². The molecule has 0 saturated carbocycles. The number of urea groups is 1. The lowest BCUT2D eigenvalue weighted by atomic mass is 10.1. The molecule has 7 nitrogen and oxygen atoms in total. The van der Waals surface area contributed by atoms with Gasteiger partial charge < -0.3 is 10.6 Å². The molecule has 110 valence electrons. The van der Waals surface area contributed by atoms with Gasteiger partial charge >= 0.3 is 6.03 Å². The van der Waals surface area contributed by atoms with E-state index < -0.39 is 4.92 Å². The number of aryl methyl sites for hydroxylation is 1. The fraction of sp³-hybridized carbons (Fsp3) is 0.286. The van der Waals surface area contributed by atoms with Gasteiger partial charge in [-0.05, 0) is 26.3 Å². The minimum atomic E-state index is -0.483. The Morgan fingerprint density at radius 3 is 2.71 bits per heavy atom. The minimum Gasteiger partial charge on any atom is -0.336 e. The summed E-state index contributed by atoms with van der Waals surface area (Å²) in [6.45, 7) is 5.49. The Balaban J connectivity index is 2.52. The average Bonchev–Trinajstić information content (AvgIpc) is 2.40. The van der Waals surface area contributed by atoms with E-state index in [-0.39, 0.29) is 23.3 Å². The maximum absolute atomic E-state index is 11.9. The van der Waals surface area contributed by atoms with Crippen molar-refractivity contribution in [2.45, 2.75) is 26.8 Å². The summed E-state index contributed by atoms with van der Waals surface area (Å²) in [6, 6.07) is 4.31. The van der Waals surface area contributed by atoms with Gasteiger partial charge in [0.05, 0.1) is 10.6 Å². The fourth-order valence-electron chi connectivity index (χ4n) is 2.03. The number of hydrogen-bond acceptors (Lipinski definition) is 4. The average molecular weight is 288 g/mol. The summed E-state index contributed by atoms with van der Waals surface area (Å²) in [6.07, 6.45) is 1.51. The van der Waals surface area contributed by atoms with Crippen LogP contribution in [0.5, 0.6) is 0 Å². The van der Waals surface area contributed by atoms with Crippen molar-refractivity contribution in [3.8, 4) is 0 Å². The highest BCUT2D eigenvalue weighted by Crippen LogP contribution is 2.30. The van der Waals surface area contributed by atoms with Crippen LogP contribution in [0.3, 0.4) is 0 Å². The molecule has 2 rings (SSSR count). The van der Waals surface area contributed by atoms with Gasteiger partial charge in [0.15, 0.2) is 0 Å². The maximum Gasteiger partial charge on any atom is 0.319 e. The van der Waals surface area contributed by atoms with Crippen molar-refractivity contribution in [1.82, 2.24) is 10.3 Å². The first-order valence-electron chi connectivity index (χ1n) is 6.50. The monoisotopic (exact) mass is 288 g/mol. The second-order valence-electron chi connectivity index (χ2n) is 5.00. The molecule has 0 spiro atoms. The summed E-state index contributed by atoms with van der Waals surface area (Å²) in [5, 5.41) is 17.0. The molecular weight excluding hydrogens is 272 g/mol. The molecule has 2 amide bonds. The Labute approximate surface area is 121 Å². The zero-order valence-corrected chi connectivity index (χ0v) is 12.0. The van der Waals surface area contributed by atoms with Gasteiger partial charge in [-0.2, -0.15) is 0 Å². The summed E-state index contributed by atoms with van der Waals surface area (Å²) in [5.41, 5.74) is 1.44. The number of nitro benzene ring substituents is 1. The molecule has 21 heavy (non-hydrogen) atoms. The van der Waals surface area contributed by atoms with Crippen molar-refractivity contribution >= 4 is 28.3 Å². The second-order valence-corrected chi connectivity index (χ2v) is 5.00. The Hall–Kier alpha value is -2.70. The van der Waals surface area contributed by atoms with Gasteiger partial charge in [-0.1, -0.05) is 12.1 Å². The van der Waals surface area contributed by atoms with Gasteiger partial charge in [0, 0.05) is 23.7 Å². The predicted molar refractivity (Wildman–Crippen MR) is 80.4 cm³/mol. The predicted octanol–water partition coefficient (Wildman–Crippen LogP) is 2.98. The number of amides is 2. The highest BCUT2D eigenvalue weighted by Gasteiger charge is 2.17. The van der Waals surface area contributed by atoms with E-state index >= 15 is 0 Å². The van der Waals surface area contributed by atoms with Crippen LogP contribution in [0.1, 0.15) is 19.4 Å². The number of carbonyl (C=O) groups is 1. The molecule has 0 radical (unpaired) electrons. The molecule has 2 N–H and O–H groups in total. The third kappa shape index (κ3) is 3.07. The normalized spacial score (nSPS) is 10.7. The van der Waals surface area contributed by atoms with Gasteiger partial charge in [0.2, 0.25) is 0 Å². The van der Waals surface area contributed by atoms with Crippen LogP contribution >= 0.6 is 0 Å². The van der Waals surface area contributed by atoms with Gasteiger partial charge in [0.1, 0.15) is 5.52 Å². The molecule has 0 fully saturated rings. The first-order valence-corrected chi connectivity index (χ1v) is 6.50. The highest BCUT2D eigenvalue weighted by molar-refractivity contribution is 6.03. The third-order valence-corrected chi connectivity index (χ3v) is 2.92. The number of rotatable bonds is 3. The van der Waals surface area contributed by atoms with Crippen molar-refractivity contribution in [3.05, 3.63) is 40.1 Å². The summed E-state index contributed by atoms with van der Waals surface area (Å²) in [5.74, 6) is 0. The molecule has 1 aromatic carbocycles. The molecule has 0 bridgehead atoms. The van der Waals surface area contributed by atoms with Gasteiger partial charge in [-0.15, -0.1) is 0 Å². The molecule has 2 aromatic rings. The number of carbonyl (C=O) groups excluding carboxylic acids is 1. The maximum atomic E-state index is 11.9. The number of fused-ring (bicyclic) bond motifs is 1. The zero-order valence-electron chi connectivity index (χ0n) is 12.0. The first-order chi connectivity index (χ1) is 9.90. The standard InChI is InChI=1S/C14H16N4O3/c1-8(2)16-14(19)17-12-9(3)7-15-13-10(12)5-4-6-11(13)18(20)21/h4-8H,1-3H3,(H2,15,16,17,19). The number of hydrogen-bond donors (Lipinski definition) is 2. The van der Waals surface area contributed by atoms with Crippen LogP contribution in [-0.2, 0) is 0 Å². The molecule has 0 saturated heterocycles. The molecule has 0 aliphatic carbocycles. The third-order valence-electron chi connectivity index (χ3n) is 2.92. The molecule has 1 aromatic heterocycles. The van der Waals surface area contributed by atoms with Crippen molar-refractivity contribution in [2.75, 3.05) is 5.32 Å². The SMILES string of the molecule is Cc1cnc2c([N+](=O)[O-])cccc2c1NC(=O)NC(C)C. The first kappa shape index (κ1) is 14.7. The Morgan fingerprint density at radius 1 is 1.38 bits per heavy atom. The number of nitrogens with zero attached hydrogens (tertiary/aromatic N) is 2. The fourth-order valence-corrected chi connectivity index (χ4v) is 2.03.